The lowest BCUT2D eigenvalue weighted by molar-refractivity contribution is -0.134. The Balaban J connectivity index is 2.73. The van der Waals surface area contributed by atoms with Gasteiger partial charge in [-0.2, -0.15) is 0 Å². The van der Waals surface area contributed by atoms with Crippen LogP contribution < -0.4 is 4.74 Å². The van der Waals surface area contributed by atoms with Gasteiger partial charge >= 0.3 is 5.97 Å². The van der Waals surface area contributed by atoms with Crippen molar-refractivity contribution in [2.75, 3.05) is 0 Å². The lowest BCUT2D eigenvalue weighted by Crippen LogP contribution is -2.07. The van der Waals surface area contributed by atoms with Crippen molar-refractivity contribution in [3.05, 3.63) is 23.8 Å². The normalized spacial score (nSPS) is 9.93. The monoisotopic (exact) mass is 206 g/mol. The zero-order valence-electron chi connectivity index (χ0n) is 9.12. The molecule has 0 saturated heterocycles. The Morgan fingerprint density at radius 2 is 2.27 bits per heavy atom. The summed E-state index contributed by atoms with van der Waals surface area (Å²) in [5.41, 5.74) is 1.02. The Kier molecular flexibility index (Phi) is 4.22. The number of ether oxygens (including phenoxy) is 1. The van der Waals surface area contributed by atoms with Crippen molar-refractivity contribution in [3.63, 3.8) is 0 Å². The van der Waals surface area contributed by atoms with Crippen molar-refractivity contribution in [2.45, 2.75) is 26.1 Å². The van der Waals surface area contributed by atoms with Crippen LogP contribution in [0.1, 0.15) is 25.3 Å². The third-order valence-corrected chi connectivity index (χ3v) is 2.11. The number of phenolic OH excluding ortho intramolecular Hbond substituents is 1. The molecule has 0 spiro atoms. The number of benzene rings is 1. The molecule has 1 aromatic carbocycles. The summed E-state index contributed by atoms with van der Waals surface area (Å²) in [6, 6.07) is 5.09. The van der Waals surface area contributed by atoms with Crippen LogP contribution >= 0.6 is 0 Å². The highest BCUT2D eigenvalue weighted by molar-refractivity contribution is 6.08. The third-order valence-electron chi connectivity index (χ3n) is 2.11. The van der Waals surface area contributed by atoms with Crippen LogP contribution in [0.25, 0.3) is 0 Å². The molecule has 1 aromatic rings. The van der Waals surface area contributed by atoms with E-state index in [9.17, 15) is 9.90 Å². The van der Waals surface area contributed by atoms with E-state index >= 15 is 0 Å². The highest BCUT2D eigenvalue weighted by Crippen LogP contribution is 2.27. The van der Waals surface area contributed by atoms with Crippen LogP contribution in [-0.2, 0) is 11.1 Å². The number of esters is 1. The summed E-state index contributed by atoms with van der Waals surface area (Å²) in [4.78, 5) is 11.2. The largest absolute Gasteiger partial charge is 0.504 e. The van der Waals surface area contributed by atoms with Crippen LogP contribution in [0.15, 0.2) is 18.2 Å². The Hall–Kier alpha value is -1.45. The summed E-state index contributed by atoms with van der Waals surface area (Å²) in [6.07, 6.45) is 1.96. The van der Waals surface area contributed by atoms with E-state index in [0.717, 1.165) is 18.3 Å². The minimum atomic E-state index is -0.308. The number of aromatic hydroxyl groups is 1. The van der Waals surface area contributed by atoms with Gasteiger partial charge in [-0.15, -0.1) is 0 Å². The second-order valence-corrected chi connectivity index (χ2v) is 3.38. The van der Waals surface area contributed by atoms with Crippen molar-refractivity contribution < 1.29 is 14.6 Å². The van der Waals surface area contributed by atoms with Gasteiger partial charge in [0.25, 0.3) is 0 Å². The molecule has 0 fully saturated rings. The minimum Gasteiger partial charge on any atom is -0.504 e. The molecule has 0 atom stereocenters. The van der Waals surface area contributed by atoms with Crippen molar-refractivity contribution in [3.8, 4) is 11.5 Å². The molecule has 80 valence electrons. The van der Waals surface area contributed by atoms with Crippen LogP contribution in [0.5, 0.6) is 11.5 Å². The molecule has 3 nitrogen and oxygen atoms in total. The molecule has 1 rings (SSSR count). The van der Waals surface area contributed by atoms with E-state index in [-0.39, 0.29) is 17.5 Å². The van der Waals surface area contributed by atoms with E-state index in [1.54, 1.807) is 12.1 Å². The Morgan fingerprint density at radius 3 is 2.80 bits per heavy atom. The van der Waals surface area contributed by atoms with Gasteiger partial charge < -0.3 is 9.84 Å². The summed E-state index contributed by atoms with van der Waals surface area (Å²) in [5.74, 6) is -0.0403. The SMILES string of the molecule is BCc1ccc(OC(=O)CCC)c(O)c1. The molecule has 0 unspecified atom stereocenters. The van der Waals surface area contributed by atoms with Gasteiger partial charge in [-0.3, -0.25) is 4.79 Å². The molecule has 0 bridgehead atoms. The van der Waals surface area contributed by atoms with E-state index in [1.807, 2.05) is 20.8 Å². The van der Waals surface area contributed by atoms with Crippen molar-refractivity contribution in [1.82, 2.24) is 0 Å². The molecule has 0 aliphatic rings. The van der Waals surface area contributed by atoms with Crippen LogP contribution in [0.4, 0.5) is 0 Å². The van der Waals surface area contributed by atoms with Gasteiger partial charge in [0.1, 0.15) is 7.85 Å². The van der Waals surface area contributed by atoms with E-state index in [1.165, 1.54) is 0 Å². The van der Waals surface area contributed by atoms with E-state index in [4.69, 9.17) is 4.74 Å². The van der Waals surface area contributed by atoms with E-state index in [2.05, 4.69) is 0 Å². The molecule has 0 aromatic heterocycles. The predicted molar refractivity (Wildman–Crippen MR) is 60.9 cm³/mol. The van der Waals surface area contributed by atoms with Gasteiger partial charge in [-0.05, 0) is 18.6 Å². The standard InChI is InChI=1S/C11H15BO3/c1-2-3-11(14)15-10-5-4-8(7-12)6-9(10)13/h4-6,13H,2-3,7,12H2,1H3. The van der Waals surface area contributed by atoms with Crippen molar-refractivity contribution in [2.24, 2.45) is 0 Å². The smallest absolute Gasteiger partial charge is 0.311 e. The molecule has 0 aliphatic heterocycles. The van der Waals surface area contributed by atoms with Crippen LogP contribution in [-0.4, -0.2) is 18.9 Å². The number of carbonyl (C=O) groups excluding carboxylic acids is 1. The Labute approximate surface area is 90.5 Å². The minimum absolute atomic E-state index is 0.0267. The maximum Gasteiger partial charge on any atom is 0.311 e. The maximum absolute atomic E-state index is 11.2. The van der Waals surface area contributed by atoms with Crippen LogP contribution in [0.2, 0.25) is 0 Å². The maximum atomic E-state index is 11.2. The fourth-order valence-corrected chi connectivity index (χ4v) is 1.25. The van der Waals surface area contributed by atoms with Gasteiger partial charge in [0.05, 0.1) is 0 Å². The fraction of sp³-hybridized carbons (Fsp3) is 0.364. The quantitative estimate of drug-likeness (QED) is 0.457. The molecule has 0 heterocycles. The van der Waals surface area contributed by atoms with Gasteiger partial charge in [-0.1, -0.05) is 24.9 Å². The molecule has 0 amide bonds. The first-order valence-electron chi connectivity index (χ1n) is 5.20. The highest BCUT2D eigenvalue weighted by atomic mass is 16.5. The fourth-order valence-electron chi connectivity index (χ4n) is 1.25. The number of hydrogen-bond donors (Lipinski definition) is 1. The Bertz CT molecular complexity index is 350. The predicted octanol–water partition coefficient (Wildman–Crippen LogP) is 1.23. The lowest BCUT2D eigenvalue weighted by atomic mass is 9.97. The molecular weight excluding hydrogens is 191 g/mol. The van der Waals surface area contributed by atoms with E-state index < -0.39 is 0 Å². The Morgan fingerprint density at radius 1 is 1.53 bits per heavy atom. The first-order valence-corrected chi connectivity index (χ1v) is 5.20. The second kappa shape index (κ2) is 5.44. The van der Waals surface area contributed by atoms with Gasteiger partial charge in [0, 0.05) is 6.42 Å². The summed E-state index contributed by atoms with van der Waals surface area (Å²) in [6.45, 7) is 1.90. The zero-order valence-corrected chi connectivity index (χ0v) is 9.12. The summed E-state index contributed by atoms with van der Waals surface area (Å²) in [5, 5.41) is 9.56. The highest BCUT2D eigenvalue weighted by Gasteiger charge is 2.08. The second-order valence-electron chi connectivity index (χ2n) is 3.38. The third kappa shape index (κ3) is 3.31. The average Bonchev–Trinajstić information content (AvgIpc) is 2.21. The first-order chi connectivity index (χ1) is 7.17. The molecule has 0 saturated carbocycles. The summed E-state index contributed by atoms with van der Waals surface area (Å²) >= 11 is 0. The van der Waals surface area contributed by atoms with Crippen LogP contribution in [0.3, 0.4) is 0 Å². The van der Waals surface area contributed by atoms with E-state index in [0.29, 0.717) is 6.42 Å². The molecule has 0 aliphatic carbocycles. The van der Waals surface area contributed by atoms with Crippen LogP contribution in [0, 0.1) is 0 Å². The number of rotatable bonds is 4. The topological polar surface area (TPSA) is 46.5 Å². The van der Waals surface area contributed by atoms with Gasteiger partial charge in [-0.25, -0.2) is 0 Å². The zero-order chi connectivity index (χ0) is 11.3. The number of phenols is 1. The molecule has 4 heteroatoms. The molecular formula is C11H15BO3. The van der Waals surface area contributed by atoms with Crippen molar-refractivity contribution in [1.29, 1.82) is 0 Å². The number of hydrogen-bond acceptors (Lipinski definition) is 3. The molecule has 15 heavy (non-hydrogen) atoms. The van der Waals surface area contributed by atoms with Gasteiger partial charge in [0.15, 0.2) is 11.5 Å². The molecule has 0 radical (unpaired) electrons. The first kappa shape index (κ1) is 11.6. The molecule has 1 N–H and O–H groups in total. The van der Waals surface area contributed by atoms with Gasteiger partial charge in [0.2, 0.25) is 0 Å². The number of carbonyl (C=O) groups is 1. The summed E-state index contributed by atoms with van der Waals surface area (Å²) in [7, 11) is 2.00. The lowest BCUT2D eigenvalue weighted by Gasteiger charge is -2.06. The summed E-state index contributed by atoms with van der Waals surface area (Å²) < 4.78 is 5.00. The van der Waals surface area contributed by atoms with Crippen molar-refractivity contribution >= 4 is 13.8 Å². The average molecular weight is 206 g/mol.